The van der Waals surface area contributed by atoms with Gasteiger partial charge in [0.25, 0.3) is 0 Å². The number of carbonyl (C=O) groups is 1. The lowest BCUT2D eigenvalue weighted by molar-refractivity contribution is -0.129. The molecule has 1 saturated heterocycles. The molecule has 2 aromatic heterocycles. The SMILES string of the molecule is Cc1nc(Nc2ncc(C)s2)cc([C@H]2CCN(C(=O)Cc3ccccc3)C2)n1. The lowest BCUT2D eigenvalue weighted by Crippen LogP contribution is -2.30. The molecule has 1 aliphatic rings. The fourth-order valence-electron chi connectivity index (χ4n) is 3.50. The van der Waals surface area contributed by atoms with Crippen molar-refractivity contribution in [3.05, 3.63) is 64.6 Å². The molecule has 3 heterocycles. The van der Waals surface area contributed by atoms with Gasteiger partial charge in [-0.05, 0) is 25.8 Å². The van der Waals surface area contributed by atoms with Crippen molar-refractivity contribution in [2.75, 3.05) is 18.4 Å². The second-order valence-corrected chi connectivity index (χ2v) is 8.35. The molecule has 0 radical (unpaired) electrons. The first-order valence-corrected chi connectivity index (χ1v) is 10.3. The van der Waals surface area contributed by atoms with E-state index in [0.717, 1.165) is 45.9 Å². The third-order valence-electron chi connectivity index (χ3n) is 4.87. The maximum Gasteiger partial charge on any atom is 0.227 e. The zero-order valence-electron chi connectivity index (χ0n) is 16.1. The number of nitrogens with one attached hydrogen (secondary N) is 1. The van der Waals surface area contributed by atoms with Crippen LogP contribution in [0.4, 0.5) is 10.9 Å². The van der Waals surface area contributed by atoms with E-state index in [1.807, 2.05) is 61.3 Å². The number of rotatable bonds is 5. The van der Waals surface area contributed by atoms with Gasteiger partial charge in [0.1, 0.15) is 11.6 Å². The summed E-state index contributed by atoms with van der Waals surface area (Å²) in [4.78, 5) is 29.2. The van der Waals surface area contributed by atoms with Crippen molar-refractivity contribution in [2.45, 2.75) is 32.6 Å². The van der Waals surface area contributed by atoms with Crippen molar-refractivity contribution in [3.63, 3.8) is 0 Å². The number of nitrogens with zero attached hydrogens (tertiary/aromatic N) is 4. The Hall–Kier alpha value is -2.80. The largest absolute Gasteiger partial charge is 0.342 e. The van der Waals surface area contributed by atoms with Gasteiger partial charge in [-0.1, -0.05) is 30.3 Å². The minimum atomic E-state index is 0.177. The van der Waals surface area contributed by atoms with E-state index in [0.29, 0.717) is 13.0 Å². The molecular formula is C21H23N5OS. The number of thiazole rings is 1. The molecule has 4 rings (SSSR count). The number of aromatic nitrogens is 3. The zero-order chi connectivity index (χ0) is 19.5. The van der Waals surface area contributed by atoms with Gasteiger partial charge < -0.3 is 10.2 Å². The van der Waals surface area contributed by atoms with Gasteiger partial charge in [-0.3, -0.25) is 4.79 Å². The highest BCUT2D eigenvalue weighted by molar-refractivity contribution is 7.15. The van der Waals surface area contributed by atoms with Crippen LogP contribution in [0.2, 0.25) is 0 Å². The van der Waals surface area contributed by atoms with E-state index in [1.165, 1.54) is 0 Å². The second-order valence-electron chi connectivity index (χ2n) is 7.11. The van der Waals surface area contributed by atoms with Crippen molar-refractivity contribution >= 4 is 28.2 Å². The van der Waals surface area contributed by atoms with E-state index in [-0.39, 0.29) is 11.8 Å². The molecule has 1 fully saturated rings. The molecule has 0 saturated carbocycles. The molecule has 28 heavy (non-hydrogen) atoms. The third kappa shape index (κ3) is 4.36. The Morgan fingerprint density at radius 2 is 2.07 bits per heavy atom. The first-order valence-electron chi connectivity index (χ1n) is 9.43. The van der Waals surface area contributed by atoms with Gasteiger partial charge in [0, 0.05) is 36.1 Å². The van der Waals surface area contributed by atoms with Crippen molar-refractivity contribution in [2.24, 2.45) is 0 Å². The summed E-state index contributed by atoms with van der Waals surface area (Å²) in [5, 5.41) is 4.10. The average molecular weight is 394 g/mol. The number of anilines is 2. The molecule has 1 aliphatic heterocycles. The highest BCUT2D eigenvalue weighted by Gasteiger charge is 2.28. The van der Waals surface area contributed by atoms with Crippen LogP contribution in [0.5, 0.6) is 0 Å². The third-order valence-corrected chi connectivity index (χ3v) is 5.70. The quantitative estimate of drug-likeness (QED) is 0.713. The summed E-state index contributed by atoms with van der Waals surface area (Å²) < 4.78 is 0. The van der Waals surface area contributed by atoms with Crippen LogP contribution in [0.1, 0.15) is 34.3 Å². The van der Waals surface area contributed by atoms with Crippen molar-refractivity contribution in [1.82, 2.24) is 19.9 Å². The monoisotopic (exact) mass is 393 g/mol. The van der Waals surface area contributed by atoms with Crippen molar-refractivity contribution in [1.29, 1.82) is 0 Å². The Morgan fingerprint density at radius 3 is 2.82 bits per heavy atom. The van der Waals surface area contributed by atoms with Gasteiger partial charge in [-0.15, -0.1) is 11.3 Å². The first kappa shape index (κ1) is 18.6. The topological polar surface area (TPSA) is 71.0 Å². The summed E-state index contributed by atoms with van der Waals surface area (Å²) in [6, 6.07) is 11.9. The molecule has 6 nitrogen and oxygen atoms in total. The van der Waals surface area contributed by atoms with E-state index in [9.17, 15) is 4.79 Å². The molecular weight excluding hydrogens is 370 g/mol. The summed E-state index contributed by atoms with van der Waals surface area (Å²) in [6.07, 6.45) is 3.22. The number of aryl methyl sites for hydroxylation is 2. The van der Waals surface area contributed by atoms with Crippen molar-refractivity contribution < 1.29 is 4.79 Å². The number of carbonyl (C=O) groups excluding carboxylic acids is 1. The number of likely N-dealkylation sites (tertiary alicyclic amines) is 1. The van der Waals surface area contributed by atoms with Gasteiger partial charge in [0.15, 0.2) is 5.13 Å². The molecule has 1 amide bonds. The number of hydrogen-bond donors (Lipinski definition) is 1. The van der Waals surface area contributed by atoms with E-state index in [4.69, 9.17) is 0 Å². The number of amides is 1. The van der Waals surface area contributed by atoms with Crippen LogP contribution < -0.4 is 5.32 Å². The minimum Gasteiger partial charge on any atom is -0.342 e. The van der Waals surface area contributed by atoms with E-state index < -0.39 is 0 Å². The Balaban J connectivity index is 1.44. The molecule has 0 bridgehead atoms. The van der Waals surface area contributed by atoms with Crippen LogP contribution in [0, 0.1) is 13.8 Å². The standard InChI is InChI=1S/C21H23N5OS/c1-14-12-22-21(28-14)25-19-11-18(23-15(2)24-19)17-8-9-26(13-17)20(27)10-16-6-4-3-5-7-16/h3-7,11-12,17H,8-10,13H2,1-2H3,(H,22,23,24,25)/t17-/m0/s1. The Labute approximate surface area is 168 Å². The Morgan fingerprint density at radius 1 is 1.25 bits per heavy atom. The first-order chi connectivity index (χ1) is 13.6. The minimum absolute atomic E-state index is 0.177. The summed E-state index contributed by atoms with van der Waals surface area (Å²) in [6.45, 7) is 5.40. The normalized spacial score (nSPS) is 16.4. The van der Waals surface area contributed by atoms with Crippen LogP contribution in [0.25, 0.3) is 0 Å². The molecule has 1 aromatic carbocycles. The molecule has 1 atom stereocenters. The maximum atomic E-state index is 12.6. The van der Waals surface area contributed by atoms with E-state index in [1.54, 1.807) is 11.3 Å². The number of hydrogen-bond acceptors (Lipinski definition) is 6. The molecule has 0 aliphatic carbocycles. The Bertz CT molecular complexity index is 972. The summed E-state index contributed by atoms with van der Waals surface area (Å²) >= 11 is 1.60. The van der Waals surface area contributed by atoms with Crippen LogP contribution >= 0.6 is 11.3 Å². The number of benzene rings is 1. The lowest BCUT2D eigenvalue weighted by Gasteiger charge is -2.17. The Kier molecular flexibility index (Phi) is 5.34. The summed E-state index contributed by atoms with van der Waals surface area (Å²) in [5.41, 5.74) is 2.04. The van der Waals surface area contributed by atoms with E-state index >= 15 is 0 Å². The molecule has 3 aromatic rings. The maximum absolute atomic E-state index is 12.6. The predicted octanol–water partition coefficient (Wildman–Crippen LogP) is 3.85. The molecule has 0 spiro atoms. The van der Waals surface area contributed by atoms with Gasteiger partial charge in [-0.25, -0.2) is 15.0 Å². The van der Waals surface area contributed by atoms with E-state index in [2.05, 4.69) is 20.3 Å². The van der Waals surface area contributed by atoms with Gasteiger partial charge in [0.05, 0.1) is 12.1 Å². The van der Waals surface area contributed by atoms with Crippen LogP contribution in [-0.2, 0) is 11.2 Å². The fourth-order valence-corrected chi connectivity index (χ4v) is 4.17. The fraction of sp³-hybridized carbons (Fsp3) is 0.333. The molecule has 0 unspecified atom stereocenters. The highest BCUT2D eigenvalue weighted by atomic mass is 32.1. The molecule has 7 heteroatoms. The zero-order valence-corrected chi connectivity index (χ0v) is 16.9. The van der Waals surface area contributed by atoms with Crippen LogP contribution in [0.15, 0.2) is 42.6 Å². The van der Waals surface area contributed by atoms with Gasteiger partial charge in [0.2, 0.25) is 5.91 Å². The average Bonchev–Trinajstić information content (AvgIpc) is 3.31. The predicted molar refractivity (Wildman–Crippen MR) is 111 cm³/mol. The smallest absolute Gasteiger partial charge is 0.227 e. The van der Waals surface area contributed by atoms with Crippen molar-refractivity contribution in [3.8, 4) is 0 Å². The molecule has 144 valence electrons. The van der Waals surface area contributed by atoms with Gasteiger partial charge >= 0.3 is 0 Å². The van der Waals surface area contributed by atoms with Gasteiger partial charge in [-0.2, -0.15) is 0 Å². The molecule has 1 N–H and O–H groups in total. The summed E-state index contributed by atoms with van der Waals surface area (Å²) in [7, 11) is 0. The second kappa shape index (κ2) is 8.06. The lowest BCUT2D eigenvalue weighted by atomic mass is 10.0. The summed E-state index contributed by atoms with van der Waals surface area (Å²) in [5.74, 6) is 1.89. The highest BCUT2D eigenvalue weighted by Crippen LogP contribution is 2.29. The van der Waals surface area contributed by atoms with Crippen LogP contribution in [0.3, 0.4) is 0 Å². The van der Waals surface area contributed by atoms with Crippen LogP contribution in [-0.4, -0.2) is 38.8 Å².